The second-order valence-electron chi connectivity index (χ2n) is 4.73. The van der Waals surface area contributed by atoms with E-state index in [9.17, 15) is 4.79 Å². The minimum absolute atomic E-state index is 0.237. The van der Waals surface area contributed by atoms with Gasteiger partial charge in [-0.15, -0.1) is 0 Å². The van der Waals surface area contributed by atoms with Crippen molar-refractivity contribution in [1.29, 1.82) is 0 Å². The van der Waals surface area contributed by atoms with E-state index in [-0.39, 0.29) is 11.6 Å². The Kier molecular flexibility index (Phi) is 3.05. The Morgan fingerprint density at radius 1 is 1.00 bits per heavy atom. The second-order valence-corrected chi connectivity index (χ2v) is 4.73. The number of para-hydroxylation sites is 2. The van der Waals surface area contributed by atoms with Crippen LogP contribution >= 0.6 is 0 Å². The molecule has 112 valence electrons. The summed E-state index contributed by atoms with van der Waals surface area (Å²) < 4.78 is 1.40. The van der Waals surface area contributed by atoms with Crippen LogP contribution in [0, 0.1) is 0 Å². The molecule has 0 unspecified atom stereocenters. The van der Waals surface area contributed by atoms with Gasteiger partial charge in [0.25, 0.3) is 0 Å². The normalized spacial score (nSPS) is 10.8. The zero-order chi connectivity index (χ0) is 15.6. The van der Waals surface area contributed by atoms with E-state index in [1.165, 1.54) is 10.9 Å². The number of aromatic amines is 1. The number of nitrogens with one attached hydrogen (secondary N) is 2. The van der Waals surface area contributed by atoms with E-state index < -0.39 is 0 Å². The monoisotopic (exact) mass is 305 g/mol. The molecular weight excluding hydrogens is 294 g/mol. The molecule has 0 fully saturated rings. The van der Waals surface area contributed by atoms with Gasteiger partial charge in [0.1, 0.15) is 12.1 Å². The Hall–Kier alpha value is -3.55. The van der Waals surface area contributed by atoms with E-state index in [2.05, 4.69) is 30.2 Å². The number of anilines is 2. The lowest BCUT2D eigenvalue weighted by Crippen LogP contribution is -2.18. The van der Waals surface area contributed by atoms with E-state index in [1.807, 2.05) is 36.4 Å². The fourth-order valence-corrected chi connectivity index (χ4v) is 2.26. The molecule has 1 aromatic carbocycles. The standard InChI is InChI=1S/C15H11N7O/c23-15-19-10-5-1-2-6-11(10)22(15)14-18-9-17-13(21-14)20-12-7-3-4-8-16-12/h1-9H,(H,19,23)(H,16,17,18,20,21). The van der Waals surface area contributed by atoms with Crippen LogP contribution in [0.3, 0.4) is 0 Å². The summed E-state index contributed by atoms with van der Waals surface area (Å²) in [5.74, 6) is 1.16. The van der Waals surface area contributed by atoms with E-state index in [1.54, 1.807) is 12.3 Å². The average Bonchev–Trinajstić information content (AvgIpc) is 2.92. The molecule has 8 nitrogen and oxygen atoms in total. The Morgan fingerprint density at radius 2 is 1.87 bits per heavy atom. The minimum Gasteiger partial charge on any atom is -0.309 e. The van der Waals surface area contributed by atoms with Crippen LogP contribution in [-0.2, 0) is 0 Å². The first-order chi connectivity index (χ1) is 11.3. The predicted octanol–water partition coefficient (Wildman–Crippen LogP) is 1.64. The van der Waals surface area contributed by atoms with Crippen molar-refractivity contribution in [3.05, 3.63) is 65.5 Å². The molecule has 0 radical (unpaired) electrons. The smallest absolute Gasteiger partial charge is 0.309 e. The molecular formula is C15H11N7O. The summed E-state index contributed by atoms with van der Waals surface area (Å²) in [6.07, 6.45) is 3.01. The van der Waals surface area contributed by atoms with Crippen molar-refractivity contribution < 1.29 is 0 Å². The van der Waals surface area contributed by atoms with Gasteiger partial charge in [0.2, 0.25) is 11.9 Å². The number of benzene rings is 1. The molecule has 8 heteroatoms. The third kappa shape index (κ3) is 2.42. The highest BCUT2D eigenvalue weighted by molar-refractivity contribution is 5.76. The first-order valence-electron chi connectivity index (χ1n) is 6.88. The minimum atomic E-state index is -0.304. The van der Waals surface area contributed by atoms with E-state index in [0.717, 1.165) is 5.52 Å². The number of fused-ring (bicyclic) bond motifs is 1. The molecule has 0 saturated carbocycles. The van der Waals surface area contributed by atoms with Crippen LogP contribution in [0.4, 0.5) is 11.8 Å². The molecule has 0 saturated heterocycles. The van der Waals surface area contributed by atoms with Gasteiger partial charge in [-0.1, -0.05) is 18.2 Å². The maximum Gasteiger partial charge on any atom is 0.333 e. The number of rotatable bonds is 3. The van der Waals surface area contributed by atoms with E-state index in [4.69, 9.17) is 0 Å². The molecule has 0 aliphatic rings. The maximum atomic E-state index is 12.2. The summed E-state index contributed by atoms with van der Waals surface area (Å²) in [6, 6.07) is 12.8. The van der Waals surface area contributed by atoms with Crippen molar-refractivity contribution in [2.75, 3.05) is 5.32 Å². The number of hydrogen-bond acceptors (Lipinski definition) is 6. The summed E-state index contributed by atoms with van der Waals surface area (Å²) in [5, 5.41) is 2.97. The molecule has 0 aliphatic carbocycles. The fraction of sp³-hybridized carbons (Fsp3) is 0. The van der Waals surface area contributed by atoms with Crippen LogP contribution in [0.1, 0.15) is 0 Å². The quantitative estimate of drug-likeness (QED) is 0.596. The number of pyridine rings is 1. The molecule has 0 amide bonds. The SMILES string of the molecule is O=c1[nH]c2ccccc2n1-c1ncnc(Nc2ccccn2)n1. The maximum absolute atomic E-state index is 12.2. The Labute approximate surface area is 129 Å². The lowest BCUT2D eigenvalue weighted by molar-refractivity contribution is 0.886. The number of imidazole rings is 1. The van der Waals surface area contributed by atoms with Crippen molar-refractivity contribution >= 4 is 22.8 Å². The molecule has 23 heavy (non-hydrogen) atoms. The molecule has 3 heterocycles. The van der Waals surface area contributed by atoms with Crippen molar-refractivity contribution in [3.63, 3.8) is 0 Å². The molecule has 3 aromatic heterocycles. The third-order valence-electron chi connectivity index (χ3n) is 3.25. The summed E-state index contributed by atoms with van der Waals surface area (Å²) in [7, 11) is 0. The van der Waals surface area contributed by atoms with E-state index >= 15 is 0 Å². The van der Waals surface area contributed by atoms with Crippen LogP contribution in [0.2, 0.25) is 0 Å². The second kappa shape index (κ2) is 5.34. The van der Waals surface area contributed by atoms with Gasteiger partial charge in [0.05, 0.1) is 11.0 Å². The van der Waals surface area contributed by atoms with Crippen molar-refractivity contribution in [3.8, 4) is 5.95 Å². The van der Waals surface area contributed by atoms with E-state index in [0.29, 0.717) is 17.3 Å². The summed E-state index contributed by atoms with van der Waals surface area (Å²) in [6.45, 7) is 0. The fourth-order valence-electron chi connectivity index (χ4n) is 2.26. The highest BCUT2D eigenvalue weighted by Crippen LogP contribution is 2.14. The lowest BCUT2D eigenvalue weighted by atomic mass is 10.3. The van der Waals surface area contributed by atoms with Crippen LogP contribution in [0.25, 0.3) is 17.0 Å². The Bertz CT molecular complexity index is 1020. The Morgan fingerprint density at radius 3 is 2.74 bits per heavy atom. The van der Waals surface area contributed by atoms with Gasteiger partial charge in [-0.05, 0) is 24.3 Å². The topological polar surface area (TPSA) is 101 Å². The van der Waals surface area contributed by atoms with Crippen molar-refractivity contribution in [1.82, 2.24) is 29.5 Å². The molecule has 0 aliphatic heterocycles. The van der Waals surface area contributed by atoms with Gasteiger partial charge in [0, 0.05) is 6.20 Å². The number of hydrogen-bond donors (Lipinski definition) is 2. The molecule has 4 rings (SSSR count). The van der Waals surface area contributed by atoms with Crippen molar-refractivity contribution in [2.45, 2.75) is 0 Å². The average molecular weight is 305 g/mol. The summed E-state index contributed by atoms with van der Waals surface area (Å²) >= 11 is 0. The van der Waals surface area contributed by atoms with Gasteiger partial charge in [-0.2, -0.15) is 4.98 Å². The lowest BCUT2D eigenvalue weighted by Gasteiger charge is -2.05. The first kappa shape index (κ1) is 13.1. The zero-order valence-electron chi connectivity index (χ0n) is 11.8. The van der Waals surface area contributed by atoms with Crippen LogP contribution in [-0.4, -0.2) is 29.5 Å². The van der Waals surface area contributed by atoms with Gasteiger partial charge in [0.15, 0.2) is 0 Å². The summed E-state index contributed by atoms with van der Waals surface area (Å²) in [5.41, 5.74) is 1.12. The first-order valence-corrected chi connectivity index (χ1v) is 6.88. The van der Waals surface area contributed by atoms with Gasteiger partial charge >= 0.3 is 5.69 Å². The third-order valence-corrected chi connectivity index (χ3v) is 3.25. The number of H-pyrrole nitrogens is 1. The highest BCUT2D eigenvalue weighted by Gasteiger charge is 2.11. The van der Waals surface area contributed by atoms with Crippen LogP contribution < -0.4 is 11.0 Å². The summed E-state index contributed by atoms with van der Waals surface area (Å²) in [4.78, 5) is 31.5. The van der Waals surface area contributed by atoms with Crippen molar-refractivity contribution in [2.24, 2.45) is 0 Å². The molecule has 4 aromatic rings. The van der Waals surface area contributed by atoms with Crippen LogP contribution in [0.15, 0.2) is 59.8 Å². The largest absolute Gasteiger partial charge is 0.333 e. The van der Waals surface area contributed by atoms with Gasteiger partial charge in [-0.3, -0.25) is 0 Å². The number of nitrogens with zero attached hydrogens (tertiary/aromatic N) is 5. The molecule has 0 spiro atoms. The molecule has 2 N–H and O–H groups in total. The molecule has 0 atom stereocenters. The predicted molar refractivity (Wildman–Crippen MR) is 84.8 cm³/mol. The van der Waals surface area contributed by atoms with Crippen LogP contribution in [0.5, 0.6) is 0 Å². The highest BCUT2D eigenvalue weighted by atomic mass is 16.1. The van der Waals surface area contributed by atoms with Gasteiger partial charge in [-0.25, -0.2) is 24.3 Å². The molecule has 0 bridgehead atoms. The number of aromatic nitrogens is 6. The Balaban J connectivity index is 1.79. The van der Waals surface area contributed by atoms with Gasteiger partial charge < -0.3 is 10.3 Å². The zero-order valence-corrected chi connectivity index (χ0v) is 11.8.